The van der Waals surface area contributed by atoms with Crippen molar-refractivity contribution in [2.45, 2.75) is 26.8 Å². The second kappa shape index (κ2) is 11.1. The van der Waals surface area contributed by atoms with Crippen molar-refractivity contribution < 1.29 is 14.3 Å². The van der Waals surface area contributed by atoms with Gasteiger partial charge in [-0.2, -0.15) is 10.4 Å². The van der Waals surface area contributed by atoms with Gasteiger partial charge < -0.3 is 10.1 Å². The van der Waals surface area contributed by atoms with E-state index in [1.54, 1.807) is 30.3 Å². The molecule has 0 spiro atoms. The summed E-state index contributed by atoms with van der Waals surface area (Å²) in [6, 6.07) is 16.5. The first-order valence-electron chi connectivity index (χ1n) is 10.3. The maximum atomic E-state index is 12.1. The molecular weight excluding hydrogens is 440 g/mol. The number of nitrogens with one attached hydrogen (secondary N) is 1. The number of aromatic nitrogens is 2. The number of ether oxygens (including phenoxy) is 1. The normalized spacial score (nSPS) is 10.7. The van der Waals surface area contributed by atoms with Crippen LogP contribution in [0.25, 0.3) is 6.08 Å². The molecule has 0 unspecified atom stereocenters. The van der Waals surface area contributed by atoms with E-state index >= 15 is 0 Å². The van der Waals surface area contributed by atoms with Gasteiger partial charge in [-0.1, -0.05) is 41.9 Å². The van der Waals surface area contributed by atoms with E-state index in [9.17, 15) is 9.59 Å². The highest BCUT2D eigenvalue weighted by Crippen LogP contribution is 2.20. The summed E-state index contributed by atoms with van der Waals surface area (Å²) in [6.07, 6.45) is 3.21. The van der Waals surface area contributed by atoms with E-state index in [-0.39, 0.29) is 0 Å². The molecule has 0 fully saturated rings. The van der Waals surface area contributed by atoms with Crippen LogP contribution in [0.5, 0.6) is 0 Å². The van der Waals surface area contributed by atoms with Crippen molar-refractivity contribution in [2.24, 2.45) is 0 Å². The Hall–Kier alpha value is -3.89. The van der Waals surface area contributed by atoms with Crippen LogP contribution in [0.3, 0.4) is 0 Å². The molecular formula is C25H23ClN4O3. The minimum absolute atomic E-state index is 0.302. The number of esters is 1. The van der Waals surface area contributed by atoms with Crippen molar-refractivity contribution in [3.8, 4) is 6.07 Å². The van der Waals surface area contributed by atoms with Crippen LogP contribution in [-0.4, -0.2) is 28.3 Å². The van der Waals surface area contributed by atoms with Crippen molar-refractivity contribution in [3.05, 3.63) is 87.7 Å². The summed E-state index contributed by atoms with van der Waals surface area (Å²) < 4.78 is 6.86. The average molecular weight is 463 g/mol. The molecule has 0 saturated carbocycles. The van der Waals surface area contributed by atoms with Crippen LogP contribution < -0.4 is 5.32 Å². The van der Waals surface area contributed by atoms with Crippen molar-refractivity contribution in [1.82, 2.24) is 9.78 Å². The number of aryl methyl sites for hydroxylation is 1. The van der Waals surface area contributed by atoms with Crippen LogP contribution in [0.1, 0.15) is 28.1 Å². The zero-order valence-corrected chi connectivity index (χ0v) is 19.1. The summed E-state index contributed by atoms with van der Waals surface area (Å²) in [4.78, 5) is 24.1. The molecule has 0 aliphatic carbocycles. The van der Waals surface area contributed by atoms with Gasteiger partial charge in [-0.05, 0) is 49.2 Å². The van der Waals surface area contributed by atoms with Gasteiger partial charge in [0.15, 0.2) is 6.61 Å². The topological polar surface area (TPSA) is 97.0 Å². The van der Waals surface area contributed by atoms with E-state index in [0.29, 0.717) is 23.7 Å². The number of amides is 1. The molecule has 3 rings (SSSR count). The first kappa shape index (κ1) is 23.8. The first-order valence-corrected chi connectivity index (χ1v) is 10.6. The maximum Gasteiger partial charge on any atom is 0.331 e. The number of carbonyl (C=O) groups excluding carboxylic acids is 2. The molecule has 1 aromatic heterocycles. The average Bonchev–Trinajstić information content (AvgIpc) is 3.06. The molecule has 168 valence electrons. The fourth-order valence-corrected chi connectivity index (χ4v) is 3.42. The van der Waals surface area contributed by atoms with Gasteiger partial charge >= 0.3 is 5.97 Å². The van der Waals surface area contributed by atoms with E-state index in [4.69, 9.17) is 21.6 Å². The van der Waals surface area contributed by atoms with Crippen molar-refractivity contribution >= 4 is 35.2 Å². The summed E-state index contributed by atoms with van der Waals surface area (Å²) in [5, 5.41) is 16.5. The second-order valence-electron chi connectivity index (χ2n) is 7.35. The summed E-state index contributed by atoms with van der Waals surface area (Å²) in [5.74, 6) is -1.09. The van der Waals surface area contributed by atoms with Gasteiger partial charge in [0.05, 0.1) is 24.7 Å². The molecule has 8 heteroatoms. The lowest BCUT2D eigenvalue weighted by Gasteiger charge is -2.07. The van der Waals surface area contributed by atoms with Crippen LogP contribution in [-0.2, 0) is 27.3 Å². The summed E-state index contributed by atoms with van der Waals surface area (Å²) in [7, 11) is 0. The standard InChI is InChI=1S/C25H23ClN4O3/c1-17-22(18(2)30(29-17)15-20-5-3-4-6-23(20)26)11-12-25(32)33-16-24(31)28-21-9-7-19(8-10-21)13-14-27/h3-12H,13,15-16H2,1-2H3,(H,28,31)/b12-11+. The summed E-state index contributed by atoms with van der Waals surface area (Å²) >= 11 is 6.25. The Kier molecular flexibility index (Phi) is 8.01. The summed E-state index contributed by atoms with van der Waals surface area (Å²) in [5.41, 5.74) is 4.82. The van der Waals surface area contributed by atoms with Crippen LogP contribution in [0, 0.1) is 25.2 Å². The SMILES string of the molecule is Cc1nn(Cc2ccccc2Cl)c(C)c1/C=C/C(=O)OCC(=O)Nc1ccc(CC#N)cc1. The molecule has 0 aliphatic heterocycles. The van der Waals surface area contributed by atoms with Crippen LogP contribution in [0.2, 0.25) is 5.02 Å². The molecule has 0 radical (unpaired) electrons. The molecule has 1 N–H and O–H groups in total. The van der Waals surface area contributed by atoms with E-state index in [1.807, 2.05) is 42.8 Å². The molecule has 0 saturated heterocycles. The van der Waals surface area contributed by atoms with E-state index < -0.39 is 18.5 Å². The Morgan fingerprint density at radius 1 is 1.18 bits per heavy atom. The monoisotopic (exact) mass is 462 g/mol. The number of benzene rings is 2. The number of anilines is 1. The predicted octanol–water partition coefficient (Wildman–Crippen LogP) is 4.46. The third kappa shape index (κ3) is 6.55. The predicted molar refractivity (Wildman–Crippen MR) is 127 cm³/mol. The van der Waals surface area contributed by atoms with E-state index in [1.165, 1.54) is 6.08 Å². The zero-order valence-electron chi connectivity index (χ0n) is 18.3. The fraction of sp³-hybridized carbons (Fsp3) is 0.200. The molecule has 2 aromatic carbocycles. The van der Waals surface area contributed by atoms with Gasteiger partial charge in [0.25, 0.3) is 5.91 Å². The van der Waals surface area contributed by atoms with Gasteiger partial charge in [-0.25, -0.2) is 4.79 Å². The van der Waals surface area contributed by atoms with Crippen LogP contribution in [0.4, 0.5) is 5.69 Å². The van der Waals surface area contributed by atoms with E-state index in [0.717, 1.165) is 28.1 Å². The lowest BCUT2D eigenvalue weighted by molar-refractivity contribution is -0.142. The Labute approximate surface area is 197 Å². The molecule has 1 amide bonds. The van der Waals surface area contributed by atoms with Gasteiger partial charge in [0, 0.05) is 28.0 Å². The number of hydrogen-bond acceptors (Lipinski definition) is 5. The fourth-order valence-electron chi connectivity index (χ4n) is 3.22. The lowest BCUT2D eigenvalue weighted by atomic mass is 10.1. The Bertz CT molecular complexity index is 1220. The molecule has 3 aromatic rings. The quantitative estimate of drug-likeness (QED) is 0.393. The highest BCUT2D eigenvalue weighted by Gasteiger charge is 2.12. The van der Waals surface area contributed by atoms with Gasteiger partial charge in [0.1, 0.15) is 0 Å². The number of nitrogens with zero attached hydrogens (tertiary/aromatic N) is 3. The zero-order chi connectivity index (χ0) is 23.8. The smallest absolute Gasteiger partial charge is 0.331 e. The Morgan fingerprint density at radius 2 is 1.91 bits per heavy atom. The number of halogens is 1. The van der Waals surface area contributed by atoms with Gasteiger partial charge in [0.2, 0.25) is 0 Å². The molecule has 7 nitrogen and oxygen atoms in total. The molecule has 0 atom stereocenters. The number of rotatable bonds is 8. The number of hydrogen-bond donors (Lipinski definition) is 1. The second-order valence-corrected chi connectivity index (χ2v) is 7.76. The maximum absolute atomic E-state index is 12.1. The third-order valence-corrected chi connectivity index (χ3v) is 5.34. The largest absolute Gasteiger partial charge is 0.452 e. The minimum atomic E-state index is -0.632. The van der Waals surface area contributed by atoms with Crippen LogP contribution in [0.15, 0.2) is 54.6 Å². The third-order valence-electron chi connectivity index (χ3n) is 4.97. The molecule has 33 heavy (non-hydrogen) atoms. The summed E-state index contributed by atoms with van der Waals surface area (Å²) in [6.45, 7) is 3.88. The van der Waals surface area contributed by atoms with E-state index in [2.05, 4.69) is 16.5 Å². The first-order chi connectivity index (χ1) is 15.9. The van der Waals surface area contributed by atoms with Crippen LogP contribution >= 0.6 is 11.6 Å². The van der Waals surface area contributed by atoms with Crippen molar-refractivity contribution in [2.75, 3.05) is 11.9 Å². The van der Waals surface area contributed by atoms with Gasteiger partial charge in [-0.15, -0.1) is 0 Å². The molecule has 0 bridgehead atoms. The van der Waals surface area contributed by atoms with Crippen molar-refractivity contribution in [1.29, 1.82) is 5.26 Å². The van der Waals surface area contributed by atoms with Gasteiger partial charge in [-0.3, -0.25) is 9.48 Å². The van der Waals surface area contributed by atoms with Crippen molar-refractivity contribution in [3.63, 3.8) is 0 Å². The molecule has 1 heterocycles. The highest BCUT2D eigenvalue weighted by atomic mass is 35.5. The Balaban J connectivity index is 1.55. The number of nitriles is 1. The minimum Gasteiger partial charge on any atom is -0.452 e. The highest BCUT2D eigenvalue weighted by molar-refractivity contribution is 6.31. The molecule has 0 aliphatic rings. The lowest BCUT2D eigenvalue weighted by Crippen LogP contribution is -2.20. The Morgan fingerprint density at radius 3 is 2.61 bits per heavy atom. The number of carbonyl (C=O) groups is 2.